The number of nitrogens with two attached hydrogens (primary N) is 1. The van der Waals surface area contributed by atoms with Gasteiger partial charge in [-0.05, 0) is 24.6 Å². The van der Waals surface area contributed by atoms with E-state index in [1.54, 1.807) is 0 Å². The summed E-state index contributed by atoms with van der Waals surface area (Å²) in [7, 11) is 0. The molecule has 21 heavy (non-hydrogen) atoms. The van der Waals surface area contributed by atoms with E-state index in [-0.39, 0.29) is 0 Å². The minimum Gasteiger partial charge on any atom is -0.382 e. The fourth-order valence-electron chi connectivity index (χ4n) is 2.31. The van der Waals surface area contributed by atoms with Gasteiger partial charge in [-0.2, -0.15) is 5.10 Å². The molecule has 1 aromatic heterocycles. The quantitative estimate of drug-likeness (QED) is 0.670. The van der Waals surface area contributed by atoms with E-state index in [1.165, 1.54) is 5.56 Å². The number of aromatic nitrogens is 2. The summed E-state index contributed by atoms with van der Waals surface area (Å²) in [6.45, 7) is 2.05. The van der Waals surface area contributed by atoms with Gasteiger partial charge in [-0.1, -0.05) is 57.9 Å². The number of aromatic amines is 1. The lowest BCUT2D eigenvalue weighted by Gasteiger charge is -2.09. The van der Waals surface area contributed by atoms with Crippen LogP contribution < -0.4 is 5.73 Å². The number of hydrogen-bond donors (Lipinski definition) is 2. The number of halogens is 2. The SMILES string of the molecule is Cc1ccc(-c2[nH]nc(N)c2-c2ccccc2Cl)c(Br)c1. The highest BCUT2D eigenvalue weighted by Crippen LogP contribution is 2.40. The molecule has 0 spiro atoms. The van der Waals surface area contributed by atoms with Crippen molar-refractivity contribution in [1.29, 1.82) is 0 Å². The summed E-state index contributed by atoms with van der Waals surface area (Å²) in [5.41, 5.74) is 10.8. The van der Waals surface area contributed by atoms with E-state index < -0.39 is 0 Å². The Morgan fingerprint density at radius 2 is 1.90 bits per heavy atom. The van der Waals surface area contributed by atoms with Crippen molar-refractivity contribution in [1.82, 2.24) is 10.2 Å². The zero-order valence-electron chi connectivity index (χ0n) is 11.3. The van der Waals surface area contributed by atoms with Crippen molar-refractivity contribution in [3.05, 3.63) is 57.5 Å². The van der Waals surface area contributed by atoms with Gasteiger partial charge in [-0.3, -0.25) is 5.10 Å². The predicted octanol–water partition coefficient (Wildman–Crippen LogP) is 5.05. The molecule has 0 fully saturated rings. The van der Waals surface area contributed by atoms with Crippen LogP contribution in [0.15, 0.2) is 46.9 Å². The standard InChI is InChI=1S/C16H13BrClN3/c1-9-6-7-10(12(17)8-9)15-14(16(19)21-20-15)11-4-2-3-5-13(11)18/h2-8H,1H3,(H3,19,20,21). The topological polar surface area (TPSA) is 54.7 Å². The molecular weight excluding hydrogens is 350 g/mol. The Morgan fingerprint density at radius 3 is 2.62 bits per heavy atom. The van der Waals surface area contributed by atoms with Crippen LogP contribution in [-0.4, -0.2) is 10.2 Å². The fraction of sp³-hybridized carbons (Fsp3) is 0.0625. The van der Waals surface area contributed by atoms with Crippen molar-refractivity contribution in [2.45, 2.75) is 6.92 Å². The maximum Gasteiger partial charge on any atom is 0.153 e. The molecular formula is C16H13BrClN3. The number of benzene rings is 2. The van der Waals surface area contributed by atoms with E-state index >= 15 is 0 Å². The molecule has 3 nitrogen and oxygen atoms in total. The Bertz CT molecular complexity index is 811. The number of aryl methyl sites for hydroxylation is 1. The minimum atomic E-state index is 0.436. The molecule has 0 saturated carbocycles. The lowest BCUT2D eigenvalue weighted by molar-refractivity contribution is 1.10. The first kappa shape index (κ1) is 14.2. The third kappa shape index (κ3) is 2.57. The Labute approximate surface area is 136 Å². The van der Waals surface area contributed by atoms with Crippen LogP contribution in [-0.2, 0) is 0 Å². The molecule has 106 valence electrons. The first-order valence-corrected chi connectivity index (χ1v) is 7.60. The van der Waals surface area contributed by atoms with Crippen molar-refractivity contribution < 1.29 is 0 Å². The molecule has 5 heteroatoms. The van der Waals surface area contributed by atoms with Crippen LogP contribution in [0.2, 0.25) is 5.02 Å². The Morgan fingerprint density at radius 1 is 1.14 bits per heavy atom. The van der Waals surface area contributed by atoms with Crippen LogP contribution >= 0.6 is 27.5 Å². The van der Waals surface area contributed by atoms with Gasteiger partial charge in [0.15, 0.2) is 5.82 Å². The first-order valence-electron chi connectivity index (χ1n) is 6.43. The summed E-state index contributed by atoms with van der Waals surface area (Å²) in [5, 5.41) is 7.81. The van der Waals surface area contributed by atoms with E-state index in [2.05, 4.69) is 32.2 Å². The highest BCUT2D eigenvalue weighted by molar-refractivity contribution is 9.10. The molecule has 3 aromatic rings. The minimum absolute atomic E-state index is 0.436. The Kier molecular flexibility index (Phi) is 3.74. The van der Waals surface area contributed by atoms with Crippen molar-refractivity contribution in [3.8, 4) is 22.4 Å². The molecule has 0 bridgehead atoms. The summed E-state index contributed by atoms with van der Waals surface area (Å²) in [5.74, 6) is 0.436. The summed E-state index contributed by atoms with van der Waals surface area (Å²) in [6, 6.07) is 13.8. The number of rotatable bonds is 2. The molecule has 0 aliphatic heterocycles. The van der Waals surface area contributed by atoms with Crippen LogP contribution in [0.25, 0.3) is 22.4 Å². The first-order chi connectivity index (χ1) is 10.1. The normalized spacial score (nSPS) is 10.8. The zero-order valence-corrected chi connectivity index (χ0v) is 13.7. The third-order valence-electron chi connectivity index (χ3n) is 3.33. The lowest BCUT2D eigenvalue weighted by atomic mass is 10.00. The van der Waals surface area contributed by atoms with Crippen molar-refractivity contribution in [2.75, 3.05) is 5.73 Å². The fourth-order valence-corrected chi connectivity index (χ4v) is 3.23. The van der Waals surface area contributed by atoms with Gasteiger partial charge in [0.1, 0.15) is 0 Å². The summed E-state index contributed by atoms with van der Waals surface area (Å²) in [6.07, 6.45) is 0. The second kappa shape index (κ2) is 5.54. The van der Waals surface area contributed by atoms with E-state index in [0.29, 0.717) is 10.8 Å². The maximum absolute atomic E-state index is 6.30. The van der Waals surface area contributed by atoms with E-state index in [9.17, 15) is 0 Å². The van der Waals surface area contributed by atoms with Crippen molar-refractivity contribution in [3.63, 3.8) is 0 Å². The number of hydrogen-bond acceptors (Lipinski definition) is 2. The maximum atomic E-state index is 6.30. The molecule has 0 unspecified atom stereocenters. The molecule has 0 atom stereocenters. The molecule has 2 aromatic carbocycles. The molecule has 0 aliphatic rings. The highest BCUT2D eigenvalue weighted by Gasteiger charge is 2.18. The van der Waals surface area contributed by atoms with Gasteiger partial charge in [0.2, 0.25) is 0 Å². The number of H-pyrrole nitrogens is 1. The number of nitrogen functional groups attached to an aromatic ring is 1. The predicted molar refractivity (Wildman–Crippen MR) is 91.3 cm³/mol. The third-order valence-corrected chi connectivity index (χ3v) is 4.32. The summed E-state index contributed by atoms with van der Waals surface area (Å²) >= 11 is 9.90. The number of anilines is 1. The van der Waals surface area contributed by atoms with Gasteiger partial charge < -0.3 is 5.73 Å². The van der Waals surface area contributed by atoms with Crippen molar-refractivity contribution in [2.24, 2.45) is 0 Å². The average Bonchev–Trinajstić information content (AvgIpc) is 2.81. The zero-order chi connectivity index (χ0) is 15.0. The summed E-state index contributed by atoms with van der Waals surface area (Å²) in [4.78, 5) is 0. The monoisotopic (exact) mass is 361 g/mol. The average molecular weight is 363 g/mol. The van der Waals surface area contributed by atoms with Crippen LogP contribution in [0, 0.1) is 6.92 Å². The second-order valence-electron chi connectivity index (χ2n) is 4.82. The number of nitrogens with one attached hydrogen (secondary N) is 1. The van der Waals surface area contributed by atoms with Gasteiger partial charge in [-0.25, -0.2) is 0 Å². The summed E-state index contributed by atoms with van der Waals surface area (Å²) < 4.78 is 0.986. The van der Waals surface area contributed by atoms with Gasteiger partial charge in [0, 0.05) is 20.6 Å². The Hall–Kier alpha value is -1.78. The van der Waals surface area contributed by atoms with Gasteiger partial charge >= 0.3 is 0 Å². The van der Waals surface area contributed by atoms with Gasteiger partial charge in [0.05, 0.1) is 11.3 Å². The molecule has 3 N–H and O–H groups in total. The largest absolute Gasteiger partial charge is 0.382 e. The smallest absolute Gasteiger partial charge is 0.153 e. The van der Waals surface area contributed by atoms with Crippen molar-refractivity contribution >= 4 is 33.3 Å². The van der Waals surface area contributed by atoms with E-state index in [4.69, 9.17) is 17.3 Å². The van der Waals surface area contributed by atoms with Gasteiger partial charge in [-0.15, -0.1) is 0 Å². The molecule has 0 radical (unpaired) electrons. The van der Waals surface area contributed by atoms with Crippen LogP contribution in [0.3, 0.4) is 0 Å². The molecule has 0 aliphatic carbocycles. The number of nitrogens with zero attached hydrogens (tertiary/aromatic N) is 1. The van der Waals surface area contributed by atoms with E-state index in [1.807, 2.05) is 43.3 Å². The van der Waals surface area contributed by atoms with Gasteiger partial charge in [0.25, 0.3) is 0 Å². The van der Waals surface area contributed by atoms with E-state index in [0.717, 1.165) is 26.9 Å². The van der Waals surface area contributed by atoms with Crippen LogP contribution in [0.5, 0.6) is 0 Å². The van der Waals surface area contributed by atoms with Crippen LogP contribution in [0.1, 0.15) is 5.56 Å². The highest BCUT2D eigenvalue weighted by atomic mass is 79.9. The lowest BCUT2D eigenvalue weighted by Crippen LogP contribution is -1.90. The second-order valence-corrected chi connectivity index (χ2v) is 6.08. The molecule has 1 heterocycles. The molecule has 0 saturated heterocycles. The van der Waals surface area contributed by atoms with Crippen LogP contribution in [0.4, 0.5) is 5.82 Å². The molecule has 0 amide bonds. The Balaban J connectivity index is 2.25. The molecule has 3 rings (SSSR count).